The third kappa shape index (κ3) is 2.61. The van der Waals surface area contributed by atoms with Crippen molar-refractivity contribution in [3.05, 3.63) is 0 Å². The molecule has 2 rings (SSSR count). The fraction of sp³-hybridized carbons (Fsp3) is 0.846. The summed E-state index contributed by atoms with van der Waals surface area (Å²) >= 11 is 0. The van der Waals surface area contributed by atoms with Gasteiger partial charge in [-0.1, -0.05) is 20.3 Å². The van der Waals surface area contributed by atoms with Gasteiger partial charge >= 0.3 is 0 Å². The molecule has 4 nitrogen and oxygen atoms in total. The summed E-state index contributed by atoms with van der Waals surface area (Å²) in [5.74, 6) is 0.464. The van der Waals surface area contributed by atoms with Crippen LogP contribution in [0.5, 0.6) is 0 Å². The average molecular weight is 238 g/mol. The van der Waals surface area contributed by atoms with Gasteiger partial charge in [-0.3, -0.25) is 9.59 Å². The zero-order valence-corrected chi connectivity index (χ0v) is 10.8. The smallest absolute Gasteiger partial charge is 0.226 e. The Morgan fingerprint density at radius 2 is 2.18 bits per heavy atom. The second-order valence-electron chi connectivity index (χ2n) is 5.86. The van der Waals surface area contributed by atoms with Gasteiger partial charge < -0.3 is 10.2 Å². The highest BCUT2D eigenvalue weighted by atomic mass is 16.2. The van der Waals surface area contributed by atoms with E-state index in [1.165, 1.54) is 0 Å². The van der Waals surface area contributed by atoms with Gasteiger partial charge in [0.15, 0.2) is 0 Å². The van der Waals surface area contributed by atoms with Crippen LogP contribution in [0.25, 0.3) is 0 Å². The molecular formula is C13H22N2O2. The molecular weight excluding hydrogens is 216 g/mol. The van der Waals surface area contributed by atoms with Gasteiger partial charge in [-0.15, -0.1) is 0 Å². The largest absolute Gasteiger partial charge is 0.354 e. The van der Waals surface area contributed by atoms with Gasteiger partial charge in [0, 0.05) is 32.0 Å². The number of amides is 2. The second kappa shape index (κ2) is 4.67. The van der Waals surface area contributed by atoms with Gasteiger partial charge in [-0.25, -0.2) is 0 Å². The van der Waals surface area contributed by atoms with Crippen LogP contribution in [-0.4, -0.2) is 36.3 Å². The van der Waals surface area contributed by atoms with E-state index in [2.05, 4.69) is 19.2 Å². The molecule has 4 heteroatoms. The maximum absolute atomic E-state index is 12.5. The summed E-state index contributed by atoms with van der Waals surface area (Å²) in [6.07, 6.45) is 3.73. The molecule has 2 aliphatic rings. The molecule has 0 radical (unpaired) electrons. The van der Waals surface area contributed by atoms with Crippen molar-refractivity contribution >= 4 is 11.8 Å². The topological polar surface area (TPSA) is 49.4 Å². The van der Waals surface area contributed by atoms with Crippen LogP contribution in [0, 0.1) is 11.3 Å². The standard InChI is InChI=1S/C13H22N2O2/c1-13(2)6-3-4-10(13)12(17)15-8-5-11(16)14-7-9-15/h10H,3-9H2,1-2H3,(H,14,16). The number of hydrogen-bond acceptors (Lipinski definition) is 2. The molecule has 0 aromatic heterocycles. The first-order valence-electron chi connectivity index (χ1n) is 6.56. The minimum absolute atomic E-state index is 0.0611. The highest BCUT2D eigenvalue weighted by molar-refractivity contribution is 5.82. The normalized spacial score (nSPS) is 28.7. The van der Waals surface area contributed by atoms with Crippen molar-refractivity contribution in [1.29, 1.82) is 0 Å². The van der Waals surface area contributed by atoms with Crippen molar-refractivity contribution in [3.63, 3.8) is 0 Å². The van der Waals surface area contributed by atoms with Gasteiger partial charge in [-0.05, 0) is 18.3 Å². The summed E-state index contributed by atoms with van der Waals surface area (Å²) in [7, 11) is 0. The van der Waals surface area contributed by atoms with Crippen LogP contribution in [0.2, 0.25) is 0 Å². The quantitative estimate of drug-likeness (QED) is 0.745. The molecule has 1 aliphatic carbocycles. The molecule has 2 amide bonds. The van der Waals surface area contributed by atoms with Crippen LogP contribution in [0.1, 0.15) is 39.5 Å². The van der Waals surface area contributed by atoms with E-state index in [0.717, 1.165) is 19.3 Å². The Kier molecular flexibility index (Phi) is 3.40. The van der Waals surface area contributed by atoms with Crippen LogP contribution < -0.4 is 5.32 Å². The molecule has 1 unspecified atom stereocenters. The molecule has 0 aromatic carbocycles. The van der Waals surface area contributed by atoms with E-state index in [-0.39, 0.29) is 23.1 Å². The molecule has 1 saturated heterocycles. The van der Waals surface area contributed by atoms with Crippen molar-refractivity contribution in [2.24, 2.45) is 11.3 Å². The predicted octanol–water partition coefficient (Wildman–Crippen LogP) is 1.16. The lowest BCUT2D eigenvalue weighted by Crippen LogP contribution is -2.41. The maximum Gasteiger partial charge on any atom is 0.226 e. The number of nitrogens with one attached hydrogen (secondary N) is 1. The molecule has 1 N–H and O–H groups in total. The lowest BCUT2D eigenvalue weighted by atomic mass is 9.81. The SMILES string of the molecule is CC1(C)CCCC1C(=O)N1CCNC(=O)CC1. The first-order valence-corrected chi connectivity index (χ1v) is 6.56. The highest BCUT2D eigenvalue weighted by Crippen LogP contribution is 2.43. The van der Waals surface area contributed by atoms with Crippen LogP contribution >= 0.6 is 0 Å². The third-order valence-corrected chi connectivity index (χ3v) is 4.18. The average Bonchev–Trinajstić information content (AvgIpc) is 2.48. The first-order chi connectivity index (χ1) is 8.00. The zero-order chi connectivity index (χ0) is 12.5. The second-order valence-corrected chi connectivity index (χ2v) is 5.86. The Hall–Kier alpha value is -1.06. The summed E-state index contributed by atoms with van der Waals surface area (Å²) in [6.45, 7) is 6.21. The van der Waals surface area contributed by atoms with E-state index in [1.54, 1.807) is 0 Å². The molecule has 0 bridgehead atoms. The summed E-state index contributed by atoms with van der Waals surface area (Å²) < 4.78 is 0. The molecule has 0 spiro atoms. The summed E-state index contributed by atoms with van der Waals surface area (Å²) in [5, 5.41) is 2.81. The molecule has 1 atom stereocenters. The Morgan fingerprint density at radius 1 is 1.41 bits per heavy atom. The van der Waals surface area contributed by atoms with Crippen LogP contribution in [0.15, 0.2) is 0 Å². The Bertz CT molecular complexity index is 325. The minimum Gasteiger partial charge on any atom is -0.354 e. The van der Waals surface area contributed by atoms with Gasteiger partial charge in [0.25, 0.3) is 0 Å². The van der Waals surface area contributed by atoms with Gasteiger partial charge in [0.1, 0.15) is 0 Å². The monoisotopic (exact) mass is 238 g/mol. The predicted molar refractivity (Wildman–Crippen MR) is 65.3 cm³/mol. The summed E-state index contributed by atoms with van der Waals surface area (Å²) in [4.78, 5) is 25.6. The molecule has 96 valence electrons. The number of nitrogens with zero attached hydrogens (tertiary/aromatic N) is 1. The maximum atomic E-state index is 12.5. The van der Waals surface area contributed by atoms with Crippen LogP contribution in [-0.2, 0) is 9.59 Å². The van der Waals surface area contributed by atoms with E-state index in [0.29, 0.717) is 26.1 Å². The van der Waals surface area contributed by atoms with E-state index in [9.17, 15) is 9.59 Å². The van der Waals surface area contributed by atoms with Crippen LogP contribution in [0.4, 0.5) is 0 Å². The Morgan fingerprint density at radius 3 is 2.82 bits per heavy atom. The first kappa shape index (κ1) is 12.4. The number of rotatable bonds is 1. The third-order valence-electron chi connectivity index (χ3n) is 4.18. The highest BCUT2D eigenvalue weighted by Gasteiger charge is 2.41. The van der Waals surface area contributed by atoms with Crippen LogP contribution in [0.3, 0.4) is 0 Å². The van der Waals surface area contributed by atoms with E-state index >= 15 is 0 Å². The fourth-order valence-corrected chi connectivity index (χ4v) is 2.99. The Balaban J connectivity index is 2.02. The van der Waals surface area contributed by atoms with E-state index in [4.69, 9.17) is 0 Å². The molecule has 2 fully saturated rings. The summed E-state index contributed by atoms with van der Waals surface area (Å²) in [6, 6.07) is 0. The molecule has 1 aliphatic heterocycles. The van der Waals surface area contributed by atoms with Gasteiger partial charge in [0.2, 0.25) is 11.8 Å². The fourth-order valence-electron chi connectivity index (χ4n) is 2.99. The Labute approximate surface area is 103 Å². The number of hydrogen-bond donors (Lipinski definition) is 1. The lowest BCUT2D eigenvalue weighted by molar-refractivity contribution is -0.138. The van der Waals surface area contributed by atoms with Crippen molar-refractivity contribution in [2.45, 2.75) is 39.5 Å². The number of carbonyl (C=O) groups is 2. The molecule has 1 saturated carbocycles. The van der Waals surface area contributed by atoms with Crippen molar-refractivity contribution in [3.8, 4) is 0 Å². The van der Waals surface area contributed by atoms with Gasteiger partial charge in [-0.2, -0.15) is 0 Å². The number of carbonyl (C=O) groups excluding carboxylic acids is 2. The summed E-state index contributed by atoms with van der Waals surface area (Å²) in [5.41, 5.74) is 0.126. The van der Waals surface area contributed by atoms with Crippen molar-refractivity contribution in [1.82, 2.24) is 10.2 Å². The van der Waals surface area contributed by atoms with E-state index < -0.39 is 0 Å². The molecule has 17 heavy (non-hydrogen) atoms. The minimum atomic E-state index is 0.0611. The lowest BCUT2D eigenvalue weighted by Gasteiger charge is -2.31. The van der Waals surface area contributed by atoms with Crippen molar-refractivity contribution in [2.75, 3.05) is 19.6 Å². The van der Waals surface area contributed by atoms with E-state index in [1.807, 2.05) is 4.90 Å². The molecule has 1 heterocycles. The zero-order valence-electron chi connectivity index (χ0n) is 10.8. The van der Waals surface area contributed by atoms with Crippen molar-refractivity contribution < 1.29 is 9.59 Å². The van der Waals surface area contributed by atoms with Gasteiger partial charge in [0.05, 0.1) is 0 Å². The molecule has 0 aromatic rings.